The maximum absolute atomic E-state index is 10.0. The fourth-order valence-electron chi connectivity index (χ4n) is 4.34. The van der Waals surface area contributed by atoms with Crippen LogP contribution < -0.4 is 19.9 Å². The number of aromatic amines is 1. The molecule has 3 aromatic carbocycles. The van der Waals surface area contributed by atoms with Gasteiger partial charge in [-0.1, -0.05) is 54.6 Å². The van der Waals surface area contributed by atoms with E-state index in [0.29, 0.717) is 17.4 Å². The van der Waals surface area contributed by atoms with Crippen molar-refractivity contribution in [2.24, 2.45) is 5.73 Å². The molecule has 1 aliphatic heterocycles. The SMILES string of the molecule is COc1cccc([C@@H]2C(C#N)=C(N)Oc3n[nH]c(-c4cccc5ccccc45)c32)c1OC. The second-order valence-corrected chi connectivity index (χ2v) is 7.35. The van der Waals surface area contributed by atoms with E-state index in [0.717, 1.165) is 33.2 Å². The number of hydrogen-bond donors (Lipinski definition) is 2. The van der Waals surface area contributed by atoms with Gasteiger partial charge in [-0.25, -0.2) is 0 Å². The number of methoxy groups -OCH3 is 2. The Morgan fingerprint density at radius 2 is 1.81 bits per heavy atom. The molecular weight excluding hydrogens is 404 g/mol. The zero-order chi connectivity index (χ0) is 22.2. The Morgan fingerprint density at radius 3 is 2.59 bits per heavy atom. The number of aromatic nitrogens is 2. The minimum atomic E-state index is -0.554. The van der Waals surface area contributed by atoms with Gasteiger partial charge in [0.2, 0.25) is 11.8 Å². The zero-order valence-corrected chi connectivity index (χ0v) is 17.5. The van der Waals surface area contributed by atoms with Crippen molar-refractivity contribution >= 4 is 10.8 Å². The van der Waals surface area contributed by atoms with Crippen LogP contribution in [0.2, 0.25) is 0 Å². The van der Waals surface area contributed by atoms with Crippen molar-refractivity contribution in [3.05, 3.63) is 83.2 Å². The van der Waals surface area contributed by atoms with E-state index in [4.69, 9.17) is 19.9 Å². The molecule has 1 aromatic heterocycles. The molecule has 2 heterocycles. The molecule has 3 N–H and O–H groups in total. The number of allylic oxidation sites excluding steroid dienone is 1. The van der Waals surface area contributed by atoms with Gasteiger partial charge in [0, 0.05) is 11.1 Å². The van der Waals surface area contributed by atoms with Crippen LogP contribution in [0.3, 0.4) is 0 Å². The van der Waals surface area contributed by atoms with Gasteiger partial charge < -0.3 is 19.9 Å². The fraction of sp³-hybridized carbons (Fsp3) is 0.120. The lowest BCUT2D eigenvalue weighted by Crippen LogP contribution is -2.21. The first-order valence-electron chi connectivity index (χ1n) is 10.0. The van der Waals surface area contributed by atoms with Crippen LogP contribution in [0.25, 0.3) is 22.0 Å². The second-order valence-electron chi connectivity index (χ2n) is 7.35. The van der Waals surface area contributed by atoms with Crippen molar-refractivity contribution in [1.82, 2.24) is 10.2 Å². The lowest BCUT2D eigenvalue weighted by atomic mass is 9.82. The number of nitrogens with zero attached hydrogens (tertiary/aromatic N) is 2. The van der Waals surface area contributed by atoms with E-state index >= 15 is 0 Å². The average molecular weight is 424 g/mol. The number of rotatable bonds is 4. The molecule has 4 aromatic rings. The van der Waals surface area contributed by atoms with E-state index in [-0.39, 0.29) is 11.5 Å². The van der Waals surface area contributed by atoms with Gasteiger partial charge in [-0.15, -0.1) is 5.10 Å². The topological polar surface area (TPSA) is 106 Å². The van der Waals surface area contributed by atoms with Crippen LogP contribution in [0.15, 0.2) is 72.1 Å². The van der Waals surface area contributed by atoms with Crippen molar-refractivity contribution < 1.29 is 14.2 Å². The predicted molar refractivity (Wildman–Crippen MR) is 120 cm³/mol. The minimum Gasteiger partial charge on any atom is -0.493 e. The van der Waals surface area contributed by atoms with Crippen LogP contribution in [0, 0.1) is 11.3 Å². The number of para-hydroxylation sites is 1. The third-order valence-corrected chi connectivity index (χ3v) is 5.74. The number of benzene rings is 3. The summed E-state index contributed by atoms with van der Waals surface area (Å²) in [6.07, 6.45) is 0. The Morgan fingerprint density at radius 1 is 1.03 bits per heavy atom. The van der Waals surface area contributed by atoms with Gasteiger partial charge in [0.25, 0.3) is 0 Å². The monoisotopic (exact) mass is 424 g/mol. The third kappa shape index (κ3) is 2.85. The molecule has 1 aliphatic rings. The molecule has 0 fully saturated rings. The molecule has 0 spiro atoms. The van der Waals surface area contributed by atoms with Gasteiger partial charge in [-0.05, 0) is 16.8 Å². The van der Waals surface area contributed by atoms with Crippen LogP contribution in [0.5, 0.6) is 17.4 Å². The second kappa shape index (κ2) is 7.67. The largest absolute Gasteiger partial charge is 0.493 e. The highest BCUT2D eigenvalue weighted by Crippen LogP contribution is 2.50. The number of nitrogens with two attached hydrogens (primary N) is 1. The smallest absolute Gasteiger partial charge is 0.244 e. The Bertz CT molecular complexity index is 1410. The van der Waals surface area contributed by atoms with E-state index in [2.05, 4.69) is 34.5 Å². The number of fused-ring (bicyclic) bond motifs is 2. The molecular formula is C25H20N4O3. The highest BCUT2D eigenvalue weighted by Gasteiger charge is 2.38. The third-order valence-electron chi connectivity index (χ3n) is 5.74. The number of hydrogen-bond acceptors (Lipinski definition) is 6. The number of H-pyrrole nitrogens is 1. The quantitative estimate of drug-likeness (QED) is 0.501. The van der Waals surface area contributed by atoms with Crippen molar-refractivity contribution in [3.63, 3.8) is 0 Å². The van der Waals surface area contributed by atoms with E-state index in [1.165, 1.54) is 0 Å². The molecule has 0 unspecified atom stereocenters. The van der Waals surface area contributed by atoms with Crippen molar-refractivity contribution in [2.45, 2.75) is 5.92 Å². The average Bonchev–Trinajstić information content (AvgIpc) is 3.25. The van der Waals surface area contributed by atoms with Gasteiger partial charge in [0.15, 0.2) is 11.5 Å². The Labute approximate surface area is 184 Å². The number of ether oxygens (including phenoxy) is 3. The first-order valence-corrected chi connectivity index (χ1v) is 10.0. The predicted octanol–water partition coefficient (Wildman–Crippen LogP) is 4.47. The summed E-state index contributed by atoms with van der Waals surface area (Å²) in [4.78, 5) is 0. The number of nitriles is 1. The first-order chi connectivity index (χ1) is 15.7. The summed E-state index contributed by atoms with van der Waals surface area (Å²) in [5, 5.41) is 19.7. The molecule has 0 aliphatic carbocycles. The van der Waals surface area contributed by atoms with E-state index < -0.39 is 5.92 Å². The normalized spacial score (nSPS) is 15.1. The molecule has 0 amide bonds. The zero-order valence-electron chi connectivity index (χ0n) is 17.5. The number of nitrogens with one attached hydrogen (secondary N) is 1. The molecule has 0 saturated heterocycles. The van der Waals surface area contributed by atoms with E-state index in [1.54, 1.807) is 14.2 Å². The highest BCUT2D eigenvalue weighted by molar-refractivity contribution is 5.97. The van der Waals surface area contributed by atoms with Crippen LogP contribution in [0.1, 0.15) is 17.0 Å². The Hall–Kier alpha value is -4.44. The van der Waals surface area contributed by atoms with E-state index in [1.807, 2.05) is 42.5 Å². The Kier molecular flexibility index (Phi) is 4.68. The van der Waals surface area contributed by atoms with Gasteiger partial charge in [-0.2, -0.15) is 5.26 Å². The van der Waals surface area contributed by atoms with Gasteiger partial charge in [0.05, 0.1) is 31.4 Å². The lowest BCUT2D eigenvalue weighted by Gasteiger charge is -2.26. The fourth-order valence-corrected chi connectivity index (χ4v) is 4.34. The van der Waals surface area contributed by atoms with Crippen molar-refractivity contribution in [3.8, 4) is 34.7 Å². The van der Waals surface area contributed by atoms with Gasteiger partial charge in [-0.3, -0.25) is 5.10 Å². The lowest BCUT2D eigenvalue weighted by molar-refractivity contribution is 0.348. The first kappa shape index (κ1) is 19.5. The molecule has 0 radical (unpaired) electrons. The van der Waals surface area contributed by atoms with E-state index in [9.17, 15) is 5.26 Å². The Balaban J connectivity index is 1.82. The van der Waals surface area contributed by atoms with Crippen LogP contribution >= 0.6 is 0 Å². The summed E-state index contributed by atoms with van der Waals surface area (Å²) in [5.74, 6) is 0.884. The summed E-state index contributed by atoms with van der Waals surface area (Å²) in [6, 6.07) is 22.0. The summed E-state index contributed by atoms with van der Waals surface area (Å²) in [7, 11) is 3.15. The molecule has 1 atom stereocenters. The molecule has 5 rings (SSSR count). The molecule has 0 bridgehead atoms. The molecule has 7 heteroatoms. The van der Waals surface area contributed by atoms with Crippen molar-refractivity contribution in [1.29, 1.82) is 5.26 Å². The van der Waals surface area contributed by atoms with Crippen molar-refractivity contribution in [2.75, 3.05) is 14.2 Å². The van der Waals surface area contributed by atoms with Gasteiger partial charge in [0.1, 0.15) is 11.6 Å². The minimum absolute atomic E-state index is 0.0193. The summed E-state index contributed by atoms with van der Waals surface area (Å²) < 4.78 is 16.9. The van der Waals surface area contributed by atoms with Crippen LogP contribution in [-0.4, -0.2) is 24.4 Å². The van der Waals surface area contributed by atoms with Crippen LogP contribution in [-0.2, 0) is 0 Å². The molecule has 32 heavy (non-hydrogen) atoms. The maximum Gasteiger partial charge on any atom is 0.244 e. The molecule has 7 nitrogen and oxygen atoms in total. The molecule has 0 saturated carbocycles. The van der Waals surface area contributed by atoms with Crippen LogP contribution in [0.4, 0.5) is 0 Å². The summed E-state index contributed by atoms with van der Waals surface area (Å²) in [5.41, 5.74) is 9.59. The summed E-state index contributed by atoms with van der Waals surface area (Å²) in [6.45, 7) is 0. The summed E-state index contributed by atoms with van der Waals surface area (Å²) >= 11 is 0. The standard InChI is InChI=1S/C25H20N4O3/c1-30-19-12-6-11-17(23(19)31-2)20-18(13-26)24(27)32-25-21(20)22(28-29-25)16-10-5-8-14-7-3-4-9-15(14)16/h3-12,20H,27H2,1-2H3,(H,28,29)/t20-/m1/s1. The maximum atomic E-state index is 10.0. The van der Waals surface area contributed by atoms with Gasteiger partial charge >= 0.3 is 0 Å². The highest BCUT2D eigenvalue weighted by atomic mass is 16.5. The molecule has 158 valence electrons.